The molecule has 0 fully saturated rings. The molecule has 1 aromatic rings. The second-order valence-corrected chi connectivity index (χ2v) is 6.23. The van der Waals surface area contributed by atoms with E-state index in [1.807, 2.05) is 11.3 Å². The molecule has 0 spiro atoms. The molecule has 0 saturated carbocycles. The molecule has 0 radical (unpaired) electrons. The molecule has 1 aliphatic rings. The van der Waals surface area contributed by atoms with Crippen LogP contribution in [-0.2, 0) is 13.0 Å². The summed E-state index contributed by atoms with van der Waals surface area (Å²) in [5, 5.41) is 2.21. The summed E-state index contributed by atoms with van der Waals surface area (Å²) >= 11 is 1.90. The number of rotatable bonds is 4. The van der Waals surface area contributed by atoms with Gasteiger partial charge in [0.1, 0.15) is 0 Å². The van der Waals surface area contributed by atoms with Crippen LogP contribution in [0.1, 0.15) is 37.1 Å². The molecule has 0 aromatic carbocycles. The second kappa shape index (κ2) is 4.86. The van der Waals surface area contributed by atoms with Gasteiger partial charge in [-0.25, -0.2) is 0 Å². The third-order valence-electron chi connectivity index (χ3n) is 3.29. The van der Waals surface area contributed by atoms with E-state index in [2.05, 4.69) is 30.2 Å². The summed E-state index contributed by atoms with van der Waals surface area (Å²) in [4.78, 5) is 4.08. The SMILES string of the molecule is CCCC(C)(N)CN1CCc2sccc2C1. The lowest BCUT2D eigenvalue weighted by molar-refractivity contribution is 0.195. The van der Waals surface area contributed by atoms with Gasteiger partial charge in [0.15, 0.2) is 0 Å². The van der Waals surface area contributed by atoms with Gasteiger partial charge < -0.3 is 5.73 Å². The predicted octanol–water partition coefficient (Wildman–Crippen LogP) is 2.62. The Balaban J connectivity index is 1.94. The average Bonchev–Trinajstić information content (AvgIpc) is 2.63. The van der Waals surface area contributed by atoms with E-state index < -0.39 is 0 Å². The van der Waals surface area contributed by atoms with E-state index in [9.17, 15) is 0 Å². The third kappa shape index (κ3) is 2.84. The maximum atomic E-state index is 6.31. The average molecular weight is 238 g/mol. The van der Waals surface area contributed by atoms with Crippen molar-refractivity contribution < 1.29 is 0 Å². The molecule has 2 heterocycles. The monoisotopic (exact) mass is 238 g/mol. The first-order chi connectivity index (χ1) is 7.61. The van der Waals surface area contributed by atoms with Crippen LogP contribution in [0.2, 0.25) is 0 Å². The second-order valence-electron chi connectivity index (χ2n) is 5.23. The molecule has 0 bridgehead atoms. The fourth-order valence-corrected chi connectivity index (χ4v) is 3.49. The normalized spacial score (nSPS) is 20.4. The molecular weight excluding hydrogens is 216 g/mol. The van der Waals surface area contributed by atoms with Crippen LogP contribution in [0.15, 0.2) is 11.4 Å². The largest absolute Gasteiger partial charge is 0.324 e. The Labute approximate surface area is 102 Å². The molecule has 1 atom stereocenters. The van der Waals surface area contributed by atoms with E-state index in [1.165, 1.54) is 24.9 Å². The van der Waals surface area contributed by atoms with Crippen molar-refractivity contribution in [1.29, 1.82) is 0 Å². The van der Waals surface area contributed by atoms with E-state index >= 15 is 0 Å². The Morgan fingerprint density at radius 2 is 2.38 bits per heavy atom. The summed E-state index contributed by atoms with van der Waals surface area (Å²) in [5.41, 5.74) is 7.81. The smallest absolute Gasteiger partial charge is 0.0254 e. The van der Waals surface area contributed by atoms with Crippen LogP contribution in [0, 0.1) is 0 Å². The number of fused-ring (bicyclic) bond motifs is 1. The van der Waals surface area contributed by atoms with Crippen LogP contribution < -0.4 is 5.73 Å². The fourth-order valence-electron chi connectivity index (χ4n) is 2.60. The van der Waals surface area contributed by atoms with E-state index in [1.54, 1.807) is 4.88 Å². The van der Waals surface area contributed by atoms with Gasteiger partial charge in [-0.1, -0.05) is 13.3 Å². The van der Waals surface area contributed by atoms with E-state index in [4.69, 9.17) is 5.73 Å². The number of nitrogens with two attached hydrogens (primary N) is 1. The van der Waals surface area contributed by atoms with E-state index in [-0.39, 0.29) is 5.54 Å². The van der Waals surface area contributed by atoms with Gasteiger partial charge in [-0.05, 0) is 36.8 Å². The zero-order valence-electron chi connectivity index (χ0n) is 10.3. The van der Waals surface area contributed by atoms with Gasteiger partial charge >= 0.3 is 0 Å². The van der Waals surface area contributed by atoms with Crippen LogP contribution >= 0.6 is 11.3 Å². The summed E-state index contributed by atoms with van der Waals surface area (Å²) in [6.45, 7) is 7.67. The van der Waals surface area contributed by atoms with Crippen LogP contribution in [0.5, 0.6) is 0 Å². The molecule has 1 aromatic heterocycles. The highest BCUT2D eigenvalue weighted by molar-refractivity contribution is 7.10. The van der Waals surface area contributed by atoms with Crippen LogP contribution in [0.3, 0.4) is 0 Å². The molecule has 2 N–H and O–H groups in total. The molecule has 1 unspecified atom stereocenters. The van der Waals surface area contributed by atoms with Crippen molar-refractivity contribution in [2.75, 3.05) is 13.1 Å². The number of hydrogen-bond donors (Lipinski definition) is 1. The van der Waals surface area contributed by atoms with Crippen LogP contribution in [0.4, 0.5) is 0 Å². The first-order valence-electron chi connectivity index (χ1n) is 6.17. The van der Waals surface area contributed by atoms with Gasteiger partial charge in [0.05, 0.1) is 0 Å². The predicted molar refractivity (Wildman–Crippen MR) is 70.8 cm³/mol. The summed E-state index contributed by atoms with van der Waals surface area (Å²) < 4.78 is 0. The quantitative estimate of drug-likeness (QED) is 0.873. The Bertz CT molecular complexity index is 343. The van der Waals surface area contributed by atoms with Gasteiger partial charge in [0, 0.05) is 30.1 Å². The summed E-state index contributed by atoms with van der Waals surface area (Å²) in [7, 11) is 0. The topological polar surface area (TPSA) is 29.3 Å². The lowest BCUT2D eigenvalue weighted by atomic mass is 9.96. The lowest BCUT2D eigenvalue weighted by Gasteiger charge is -2.34. The van der Waals surface area contributed by atoms with Gasteiger partial charge in [-0.3, -0.25) is 4.90 Å². The minimum atomic E-state index is -0.0255. The Kier molecular flexibility index (Phi) is 3.67. The zero-order chi connectivity index (χ0) is 11.6. The van der Waals surface area contributed by atoms with E-state index in [0.717, 1.165) is 19.5 Å². The first-order valence-corrected chi connectivity index (χ1v) is 7.05. The van der Waals surface area contributed by atoms with Gasteiger partial charge in [-0.15, -0.1) is 11.3 Å². The third-order valence-corrected chi connectivity index (χ3v) is 4.32. The molecule has 3 heteroatoms. The standard InChI is InChI=1S/C13H22N2S/c1-3-6-13(2,14)10-15-7-4-12-11(9-15)5-8-16-12/h5,8H,3-4,6-7,9-10,14H2,1-2H3. The van der Waals surface area contributed by atoms with Crippen molar-refractivity contribution in [3.05, 3.63) is 21.9 Å². The van der Waals surface area contributed by atoms with Crippen molar-refractivity contribution in [3.63, 3.8) is 0 Å². The first kappa shape index (κ1) is 12.1. The highest BCUT2D eigenvalue weighted by atomic mass is 32.1. The zero-order valence-corrected chi connectivity index (χ0v) is 11.1. The molecule has 2 nitrogen and oxygen atoms in total. The summed E-state index contributed by atoms with van der Waals surface area (Å²) in [6, 6.07) is 2.26. The fraction of sp³-hybridized carbons (Fsp3) is 0.692. The van der Waals surface area contributed by atoms with Crippen molar-refractivity contribution >= 4 is 11.3 Å². The Hall–Kier alpha value is -0.380. The minimum Gasteiger partial charge on any atom is -0.324 e. The summed E-state index contributed by atoms with van der Waals surface area (Å²) in [6.07, 6.45) is 3.49. The molecule has 2 rings (SSSR count). The molecule has 1 aliphatic heterocycles. The molecular formula is C13H22N2S. The molecule has 0 aliphatic carbocycles. The Morgan fingerprint density at radius 3 is 3.12 bits per heavy atom. The number of hydrogen-bond acceptors (Lipinski definition) is 3. The van der Waals surface area contributed by atoms with Crippen LogP contribution in [0.25, 0.3) is 0 Å². The molecule has 0 saturated heterocycles. The number of thiophene rings is 1. The van der Waals surface area contributed by atoms with E-state index in [0.29, 0.717) is 0 Å². The van der Waals surface area contributed by atoms with Crippen LogP contribution in [-0.4, -0.2) is 23.5 Å². The van der Waals surface area contributed by atoms with Crippen molar-refractivity contribution in [2.24, 2.45) is 5.73 Å². The van der Waals surface area contributed by atoms with Crippen molar-refractivity contribution in [3.8, 4) is 0 Å². The highest BCUT2D eigenvalue weighted by Gasteiger charge is 2.24. The van der Waals surface area contributed by atoms with Gasteiger partial charge in [-0.2, -0.15) is 0 Å². The Morgan fingerprint density at radius 1 is 1.56 bits per heavy atom. The molecule has 90 valence electrons. The lowest BCUT2D eigenvalue weighted by Crippen LogP contribution is -2.48. The number of nitrogens with zero attached hydrogens (tertiary/aromatic N) is 1. The van der Waals surface area contributed by atoms with Gasteiger partial charge in [0.2, 0.25) is 0 Å². The molecule has 16 heavy (non-hydrogen) atoms. The van der Waals surface area contributed by atoms with Crippen molar-refractivity contribution in [2.45, 2.75) is 45.2 Å². The highest BCUT2D eigenvalue weighted by Crippen LogP contribution is 2.25. The molecule has 0 amide bonds. The maximum Gasteiger partial charge on any atom is 0.0254 e. The van der Waals surface area contributed by atoms with Crippen molar-refractivity contribution in [1.82, 2.24) is 4.90 Å². The van der Waals surface area contributed by atoms with Gasteiger partial charge in [0.25, 0.3) is 0 Å². The summed E-state index contributed by atoms with van der Waals surface area (Å²) in [5.74, 6) is 0. The maximum absolute atomic E-state index is 6.31. The minimum absolute atomic E-state index is 0.0255.